The van der Waals surface area contributed by atoms with Crippen molar-refractivity contribution in [3.8, 4) is 0 Å². The van der Waals surface area contributed by atoms with E-state index in [9.17, 15) is 10.2 Å². The van der Waals surface area contributed by atoms with E-state index in [1.54, 1.807) is 41.5 Å². The molecule has 0 heterocycles. The zero-order valence-electron chi connectivity index (χ0n) is 26.8. The summed E-state index contributed by atoms with van der Waals surface area (Å²) >= 11 is 0. The topological polar surface area (TPSA) is 46.1 Å². The van der Waals surface area contributed by atoms with E-state index in [1.165, 1.54) is 24.8 Å². The van der Waals surface area contributed by atoms with E-state index in [4.69, 9.17) is 0 Å². The van der Waals surface area contributed by atoms with E-state index < -0.39 is 11.2 Å². The Bertz CT molecular complexity index is 501. The van der Waals surface area contributed by atoms with Gasteiger partial charge in [-0.2, -0.15) is 31.0 Å². The minimum absolute atomic E-state index is 0. The summed E-state index contributed by atoms with van der Waals surface area (Å²) in [6.45, 7) is 25.7. The van der Waals surface area contributed by atoms with Crippen molar-refractivity contribution in [1.29, 1.82) is 0 Å². The molecule has 0 saturated carbocycles. The van der Waals surface area contributed by atoms with Crippen LogP contribution in [-0.4, -0.2) is 11.2 Å². The van der Waals surface area contributed by atoms with Crippen LogP contribution in [0.2, 0.25) is 0 Å². The molecule has 0 bridgehead atoms. The second-order valence-corrected chi connectivity index (χ2v) is 9.22. The SMILES string of the molecule is CC(C)(C)[O-].CC(C)(C)[O-].CCCC.Cc1ccccc1.[CH2-]CCC.[CH2-]c1ccccc1.[K+].[K+].[Li+].[Li+]. The average Bonchev–Trinajstić information content (AvgIpc) is 2.67. The van der Waals surface area contributed by atoms with E-state index in [-0.39, 0.29) is 140 Å². The quantitative estimate of drug-likeness (QED) is 0.288. The summed E-state index contributed by atoms with van der Waals surface area (Å²) in [6.07, 6.45) is 4.92. The van der Waals surface area contributed by atoms with Crippen LogP contribution in [0.25, 0.3) is 0 Å². The smallest absolute Gasteiger partial charge is 0.850 e. The van der Waals surface area contributed by atoms with E-state index in [2.05, 4.69) is 53.7 Å². The number of aryl methyl sites for hydroxylation is 1. The van der Waals surface area contributed by atoms with Crippen LogP contribution in [0.5, 0.6) is 0 Å². The van der Waals surface area contributed by atoms with Gasteiger partial charge < -0.3 is 17.1 Å². The Hall–Kier alpha value is 2.70. The van der Waals surface area contributed by atoms with Crippen LogP contribution in [-0.2, 0) is 0 Å². The van der Waals surface area contributed by atoms with Crippen LogP contribution >= 0.6 is 0 Å². The standard InChI is InChI=1S/C7H8.C7H7.2C4H9O.C4H10.C4H9.2K.2Li/c2*1-7-5-3-2-4-6-7;2*1-4(2,3)5;2*1-3-4-2;;;;/h2-6H,1H3;2-6H,1H2;2*1-3H3;3-4H2,1-2H3;1,3-4H2,2H3;;;;/q;3*-1;;-1;4*+1. The Labute approximate surface area is 336 Å². The third-order valence-corrected chi connectivity index (χ3v) is 2.64. The predicted octanol–water partition coefficient (Wildman–Crippen LogP) is -4.40. The molecule has 0 N–H and O–H groups in total. The van der Waals surface area contributed by atoms with Crippen molar-refractivity contribution in [2.24, 2.45) is 0 Å². The van der Waals surface area contributed by atoms with Gasteiger partial charge in [-0.3, -0.25) is 0 Å². The third kappa shape index (κ3) is 109. The number of hydrogen-bond donors (Lipinski definition) is 0. The molecule has 0 radical (unpaired) electrons. The van der Waals surface area contributed by atoms with Crippen LogP contribution in [0.4, 0.5) is 0 Å². The van der Waals surface area contributed by atoms with E-state index >= 15 is 0 Å². The molecule has 0 fully saturated rings. The van der Waals surface area contributed by atoms with Gasteiger partial charge in [-0.25, -0.2) is 0 Å². The second-order valence-electron chi connectivity index (χ2n) is 9.22. The van der Waals surface area contributed by atoms with Gasteiger partial charge in [0.05, 0.1) is 0 Å². The van der Waals surface area contributed by atoms with Crippen LogP contribution in [0, 0.1) is 20.8 Å². The van der Waals surface area contributed by atoms with Crippen molar-refractivity contribution in [3.05, 3.63) is 85.6 Å². The van der Waals surface area contributed by atoms with E-state index in [0.29, 0.717) is 0 Å². The molecule has 2 aromatic rings. The predicted molar refractivity (Wildman–Crippen MR) is 142 cm³/mol. The second kappa shape index (κ2) is 42.2. The van der Waals surface area contributed by atoms with Gasteiger partial charge >= 0.3 is 140 Å². The zero-order valence-corrected chi connectivity index (χ0v) is 33.1. The van der Waals surface area contributed by atoms with Crippen molar-refractivity contribution in [1.82, 2.24) is 0 Å². The molecule has 2 rings (SSSR count). The van der Waals surface area contributed by atoms with Gasteiger partial charge in [-0.05, 0) is 6.92 Å². The van der Waals surface area contributed by atoms with Gasteiger partial charge in [0.15, 0.2) is 0 Å². The molecule has 0 aromatic heterocycles. The first-order chi connectivity index (χ1) is 14.6. The molecule has 36 heavy (non-hydrogen) atoms. The maximum Gasteiger partial charge on any atom is 1.00 e. The number of rotatable bonds is 2. The number of hydrogen-bond acceptors (Lipinski definition) is 2. The van der Waals surface area contributed by atoms with Gasteiger partial charge in [0.2, 0.25) is 0 Å². The fourth-order valence-corrected chi connectivity index (χ4v) is 1.01. The van der Waals surface area contributed by atoms with Gasteiger partial charge in [0.1, 0.15) is 0 Å². The molecule has 0 saturated heterocycles. The van der Waals surface area contributed by atoms with Crippen molar-refractivity contribution >= 4 is 0 Å². The van der Waals surface area contributed by atoms with Crippen molar-refractivity contribution in [3.63, 3.8) is 0 Å². The number of unbranched alkanes of at least 4 members (excludes halogenated alkanes) is 2. The van der Waals surface area contributed by atoms with Crippen LogP contribution in [0.3, 0.4) is 0 Å². The third-order valence-electron chi connectivity index (χ3n) is 2.64. The molecular formula is C30H52K2Li2O2. The summed E-state index contributed by atoms with van der Waals surface area (Å²) in [5.74, 6) is 0. The molecule has 0 spiro atoms. The maximum absolute atomic E-state index is 10.1. The average molecular weight is 537 g/mol. The molecular weight excluding hydrogens is 484 g/mol. The van der Waals surface area contributed by atoms with Gasteiger partial charge in [-0.1, -0.05) is 124 Å². The summed E-state index contributed by atoms with van der Waals surface area (Å²) in [5, 5.41) is 20.2. The molecule has 2 aromatic carbocycles. The summed E-state index contributed by atoms with van der Waals surface area (Å²) in [6, 6.07) is 20.1. The molecule has 0 amide bonds. The van der Waals surface area contributed by atoms with Crippen molar-refractivity contribution in [2.45, 2.75) is 106 Å². The largest absolute Gasteiger partial charge is 1.00 e. The van der Waals surface area contributed by atoms with E-state index in [0.717, 1.165) is 12.0 Å². The number of benzene rings is 2. The molecule has 0 atom stereocenters. The van der Waals surface area contributed by atoms with Crippen LogP contribution < -0.4 is 151 Å². The summed E-state index contributed by atoms with van der Waals surface area (Å²) in [7, 11) is 0. The Morgan fingerprint density at radius 2 is 0.833 bits per heavy atom. The Kier molecular flexibility index (Phi) is 68.4. The van der Waals surface area contributed by atoms with Gasteiger partial charge in [0, 0.05) is 0 Å². The van der Waals surface area contributed by atoms with Gasteiger partial charge in [0.25, 0.3) is 0 Å². The zero-order chi connectivity index (χ0) is 26.1. The van der Waals surface area contributed by atoms with Crippen molar-refractivity contribution < 1.29 is 151 Å². The van der Waals surface area contributed by atoms with Crippen LogP contribution in [0.1, 0.15) is 99.1 Å². The molecule has 0 aliphatic carbocycles. The Morgan fingerprint density at radius 3 is 0.917 bits per heavy atom. The van der Waals surface area contributed by atoms with Crippen LogP contribution in [0.15, 0.2) is 60.7 Å². The fraction of sp³-hybridized carbons (Fsp3) is 0.533. The fourth-order valence-electron chi connectivity index (χ4n) is 1.01. The summed E-state index contributed by atoms with van der Waals surface area (Å²) < 4.78 is 0. The maximum atomic E-state index is 10.1. The summed E-state index contributed by atoms with van der Waals surface area (Å²) in [4.78, 5) is 0. The molecule has 0 aliphatic rings. The minimum Gasteiger partial charge on any atom is -0.850 e. The first-order valence-corrected chi connectivity index (χ1v) is 11.7. The normalized spacial score (nSPS) is 8.36. The molecule has 0 aliphatic heterocycles. The molecule has 0 unspecified atom stereocenters. The Morgan fingerprint density at radius 1 is 0.611 bits per heavy atom. The first-order valence-electron chi connectivity index (χ1n) is 11.7. The monoisotopic (exact) mass is 536 g/mol. The first kappa shape index (κ1) is 58.4. The molecule has 2 nitrogen and oxygen atoms in total. The summed E-state index contributed by atoms with van der Waals surface area (Å²) in [5.41, 5.74) is 0.894. The molecule has 6 heteroatoms. The minimum atomic E-state index is -0.750. The van der Waals surface area contributed by atoms with E-state index in [1.807, 2.05) is 48.5 Å². The van der Waals surface area contributed by atoms with Gasteiger partial charge in [-0.15, -0.1) is 23.3 Å². The molecule has 188 valence electrons. The van der Waals surface area contributed by atoms with Crippen molar-refractivity contribution in [2.75, 3.05) is 0 Å². The Balaban J connectivity index is -0.0000000433.